The van der Waals surface area contributed by atoms with Crippen LogP contribution in [-0.4, -0.2) is 15.1 Å². The molecule has 0 aliphatic rings. The first kappa shape index (κ1) is 33.3. The molecule has 9 aromatic rings. The number of benzene rings is 5. The maximum absolute atomic E-state index is 12.4. The zero-order valence-corrected chi connectivity index (χ0v) is 31.9. The summed E-state index contributed by atoms with van der Waals surface area (Å²) in [5, 5.41) is 18.4. The van der Waals surface area contributed by atoms with Crippen molar-refractivity contribution in [2.45, 2.75) is 54.4 Å². The number of phenols is 1. The summed E-state index contributed by atoms with van der Waals surface area (Å²) in [7, 11) is 0. The number of aromatic hydroxyl groups is 1. The lowest BCUT2D eigenvalue weighted by molar-refractivity contribution is 0.411. The highest BCUT2D eigenvalue weighted by molar-refractivity contribution is 7.26. The predicted octanol–water partition coefficient (Wildman–Crippen LogP) is 13.8. The monoisotopic (exact) mass is 710 g/mol. The van der Waals surface area contributed by atoms with E-state index in [-0.39, 0.29) is 16.6 Å². The van der Waals surface area contributed by atoms with Crippen molar-refractivity contribution in [2.24, 2.45) is 10.8 Å². The third-order valence-electron chi connectivity index (χ3n) is 9.98. The summed E-state index contributed by atoms with van der Waals surface area (Å²) in [4.78, 5) is 10.6. The molecule has 4 nitrogen and oxygen atoms in total. The maximum atomic E-state index is 12.4. The van der Waals surface area contributed by atoms with Crippen LogP contribution in [0.4, 0.5) is 0 Å². The molecule has 4 heterocycles. The molecule has 0 aliphatic heterocycles. The number of hydrogen-bond donors (Lipinski definition) is 1. The van der Waals surface area contributed by atoms with Gasteiger partial charge in [-0.25, -0.2) is 9.97 Å². The van der Waals surface area contributed by atoms with E-state index in [9.17, 15) is 5.11 Å². The summed E-state index contributed by atoms with van der Waals surface area (Å²) in [5.74, 6) is 0.171. The van der Waals surface area contributed by atoms with Gasteiger partial charge in [-0.1, -0.05) is 126 Å². The smallest absolute Gasteiger partial charge is 0.149 e. The van der Waals surface area contributed by atoms with Crippen molar-refractivity contribution in [3.05, 3.63) is 126 Å². The van der Waals surface area contributed by atoms with Crippen molar-refractivity contribution in [1.29, 1.82) is 0 Å². The molecule has 0 radical (unpaired) electrons. The standard InChI is InChI=1S/C48H42N2O2S/c1-47(2,3)26-28-20-22-34-39(23-28)52-45-41(34)32-15-10-11-16-33(32)44(51)42(45)43-46-35(31-21-19-29(24-40(31)53-46)27-48(4,5)6)25-38(50-43)37-18-12-17-36(49-37)30-13-8-7-9-14-30/h7-25,51H,26-27H2,1-6H3. The Bertz CT molecular complexity index is 2870. The Kier molecular flexibility index (Phi) is 7.72. The van der Waals surface area contributed by atoms with E-state index in [1.165, 1.54) is 21.2 Å². The van der Waals surface area contributed by atoms with E-state index in [1.807, 2.05) is 54.6 Å². The molecule has 0 saturated heterocycles. The van der Waals surface area contributed by atoms with Gasteiger partial charge in [0.2, 0.25) is 0 Å². The first-order chi connectivity index (χ1) is 25.4. The van der Waals surface area contributed by atoms with E-state index in [4.69, 9.17) is 14.4 Å². The largest absolute Gasteiger partial charge is 0.506 e. The van der Waals surface area contributed by atoms with Crippen molar-refractivity contribution in [3.8, 4) is 39.7 Å². The number of aromatic nitrogens is 2. The maximum Gasteiger partial charge on any atom is 0.149 e. The van der Waals surface area contributed by atoms with Crippen LogP contribution in [0, 0.1) is 10.8 Å². The SMILES string of the molecule is CC(C)(C)Cc1ccc2c(c1)oc1c(-c3nc(-c4cccc(-c5ccccc5)n4)cc4c3sc3cc(CC(C)(C)C)ccc34)c(O)c3ccccc3c12. The number of rotatable bonds is 5. The van der Waals surface area contributed by atoms with Crippen molar-refractivity contribution in [2.75, 3.05) is 0 Å². The number of nitrogens with zero attached hydrogens (tertiary/aromatic N) is 2. The van der Waals surface area contributed by atoms with Gasteiger partial charge in [0.15, 0.2) is 0 Å². The van der Waals surface area contributed by atoms with Crippen LogP contribution >= 0.6 is 11.3 Å². The third kappa shape index (κ3) is 6.03. The van der Waals surface area contributed by atoms with Gasteiger partial charge in [-0.2, -0.15) is 0 Å². The topological polar surface area (TPSA) is 59.2 Å². The number of thiophene rings is 1. The number of hydrogen-bond acceptors (Lipinski definition) is 5. The quantitative estimate of drug-likeness (QED) is 0.193. The molecule has 9 rings (SSSR count). The van der Waals surface area contributed by atoms with E-state index < -0.39 is 0 Å². The molecule has 0 atom stereocenters. The fraction of sp³-hybridized carbons (Fsp3) is 0.208. The van der Waals surface area contributed by atoms with Crippen LogP contribution in [0.5, 0.6) is 5.75 Å². The predicted molar refractivity (Wildman–Crippen MR) is 224 cm³/mol. The Balaban J connectivity index is 1.37. The number of furan rings is 1. The first-order valence-corrected chi connectivity index (χ1v) is 19.2. The van der Waals surface area contributed by atoms with Gasteiger partial charge in [0.25, 0.3) is 0 Å². The van der Waals surface area contributed by atoms with Crippen LogP contribution in [-0.2, 0) is 12.8 Å². The zero-order chi connectivity index (χ0) is 36.6. The number of phenolic OH excluding ortho intramolecular Hbond substituents is 1. The highest BCUT2D eigenvalue weighted by Gasteiger charge is 2.26. The van der Waals surface area contributed by atoms with E-state index in [0.29, 0.717) is 16.8 Å². The molecule has 0 amide bonds. The summed E-state index contributed by atoms with van der Waals surface area (Å²) in [6.45, 7) is 13.6. The Labute approximate surface area is 313 Å². The summed E-state index contributed by atoms with van der Waals surface area (Å²) in [5.41, 5.74) is 9.03. The Morgan fingerprint density at radius 2 is 1.25 bits per heavy atom. The van der Waals surface area contributed by atoms with Crippen LogP contribution in [0.2, 0.25) is 0 Å². The van der Waals surface area contributed by atoms with Crippen LogP contribution in [0.25, 0.3) is 86.8 Å². The summed E-state index contributed by atoms with van der Waals surface area (Å²) >= 11 is 1.73. The second kappa shape index (κ2) is 12.3. The van der Waals surface area contributed by atoms with Gasteiger partial charge in [0, 0.05) is 37.2 Å². The average Bonchev–Trinajstić information content (AvgIpc) is 3.68. The zero-order valence-electron chi connectivity index (χ0n) is 31.0. The fourth-order valence-corrected chi connectivity index (χ4v) is 9.11. The molecule has 0 fully saturated rings. The molecule has 0 unspecified atom stereocenters. The van der Waals surface area contributed by atoms with Gasteiger partial charge in [0.05, 0.1) is 33.0 Å². The van der Waals surface area contributed by atoms with E-state index in [1.54, 1.807) is 11.3 Å². The molecule has 0 aliphatic carbocycles. The van der Waals surface area contributed by atoms with Crippen molar-refractivity contribution in [1.82, 2.24) is 9.97 Å². The van der Waals surface area contributed by atoms with Crippen molar-refractivity contribution < 1.29 is 9.52 Å². The molecule has 262 valence electrons. The minimum atomic E-state index is 0.131. The lowest BCUT2D eigenvalue weighted by Gasteiger charge is -2.17. The van der Waals surface area contributed by atoms with Gasteiger partial charge < -0.3 is 9.52 Å². The van der Waals surface area contributed by atoms with Crippen molar-refractivity contribution >= 4 is 64.2 Å². The Morgan fingerprint density at radius 3 is 1.98 bits per heavy atom. The normalized spacial score (nSPS) is 12.6. The van der Waals surface area contributed by atoms with Gasteiger partial charge in [-0.3, -0.25) is 0 Å². The van der Waals surface area contributed by atoms with E-state index in [0.717, 1.165) is 72.7 Å². The second-order valence-corrected chi connectivity index (χ2v) is 17.9. The lowest BCUT2D eigenvalue weighted by atomic mass is 9.88. The molecule has 4 aromatic heterocycles. The summed E-state index contributed by atoms with van der Waals surface area (Å²) in [6.07, 6.45) is 1.91. The van der Waals surface area contributed by atoms with E-state index in [2.05, 4.69) is 102 Å². The number of pyridine rings is 2. The molecule has 0 spiro atoms. The van der Waals surface area contributed by atoms with Crippen LogP contribution < -0.4 is 0 Å². The minimum absolute atomic E-state index is 0.131. The van der Waals surface area contributed by atoms with Crippen LogP contribution in [0.1, 0.15) is 52.7 Å². The lowest BCUT2D eigenvalue weighted by Crippen LogP contribution is -2.08. The highest BCUT2D eigenvalue weighted by atomic mass is 32.1. The molecule has 0 saturated carbocycles. The molecule has 53 heavy (non-hydrogen) atoms. The first-order valence-electron chi connectivity index (χ1n) is 18.4. The fourth-order valence-electron chi connectivity index (χ4n) is 7.87. The van der Waals surface area contributed by atoms with Crippen LogP contribution in [0.15, 0.2) is 120 Å². The van der Waals surface area contributed by atoms with Gasteiger partial charge >= 0.3 is 0 Å². The molecular formula is C48H42N2O2S. The van der Waals surface area contributed by atoms with Gasteiger partial charge in [-0.15, -0.1) is 11.3 Å². The Morgan fingerprint density at radius 1 is 0.585 bits per heavy atom. The number of fused-ring (bicyclic) bond motifs is 8. The van der Waals surface area contributed by atoms with E-state index >= 15 is 0 Å². The third-order valence-corrected chi connectivity index (χ3v) is 11.2. The van der Waals surface area contributed by atoms with Crippen LogP contribution in [0.3, 0.4) is 0 Å². The van der Waals surface area contributed by atoms with Gasteiger partial charge in [0.1, 0.15) is 16.9 Å². The highest BCUT2D eigenvalue weighted by Crippen LogP contribution is 2.50. The molecule has 5 heteroatoms. The molecule has 1 N–H and O–H groups in total. The average molecular weight is 711 g/mol. The molecule has 5 aromatic carbocycles. The van der Waals surface area contributed by atoms with Crippen molar-refractivity contribution in [3.63, 3.8) is 0 Å². The minimum Gasteiger partial charge on any atom is -0.506 e. The molecule has 0 bridgehead atoms. The molecular weight excluding hydrogens is 669 g/mol. The summed E-state index contributed by atoms with van der Waals surface area (Å²) in [6, 6.07) is 40.0. The second-order valence-electron chi connectivity index (χ2n) is 16.8. The summed E-state index contributed by atoms with van der Waals surface area (Å²) < 4.78 is 9.10. The van der Waals surface area contributed by atoms with Gasteiger partial charge in [-0.05, 0) is 70.5 Å². The Hall–Kier alpha value is -5.52.